The van der Waals surface area contributed by atoms with Crippen LogP contribution in [0.4, 0.5) is 0 Å². The van der Waals surface area contributed by atoms with Gasteiger partial charge in [-0.3, -0.25) is 19.3 Å². The summed E-state index contributed by atoms with van der Waals surface area (Å²) in [7, 11) is -1.60. The number of hydrogen-bond donors (Lipinski definition) is 6. The molecule has 0 aliphatic carbocycles. The van der Waals surface area contributed by atoms with E-state index in [9.17, 15) is 34.5 Å². The number of aliphatic hydroxyl groups is 2. The molecule has 2 saturated heterocycles. The van der Waals surface area contributed by atoms with E-state index in [0.29, 0.717) is 60.5 Å². The number of carbonyl (C=O) groups is 3. The molecule has 8 rings (SSSR count). The molecule has 1 unspecified atom stereocenters. The van der Waals surface area contributed by atoms with E-state index in [2.05, 4.69) is 44.8 Å². The fourth-order valence-electron chi connectivity index (χ4n) is 9.38. The molecule has 3 heterocycles. The average Bonchev–Trinajstić information content (AvgIpc) is 3.39. The maximum atomic E-state index is 14.0. The number of carbonyl (C=O) groups excluding carboxylic acids is 3. The molecule has 2 aliphatic heterocycles. The number of ether oxygens (including phenoxy) is 2. The highest BCUT2D eigenvalue weighted by Gasteiger charge is 2.41. The van der Waals surface area contributed by atoms with E-state index in [1.165, 1.54) is 17.7 Å². The number of fused-ring (bicyclic) bond motifs is 1. The van der Waals surface area contributed by atoms with E-state index in [1.807, 2.05) is 54.6 Å². The first-order chi connectivity index (χ1) is 34.0. The monoisotopic (exact) mass is 965 g/mol. The Labute approximate surface area is 410 Å². The summed E-state index contributed by atoms with van der Waals surface area (Å²) in [6, 6.07) is 40.5. The van der Waals surface area contributed by atoms with Gasteiger partial charge in [-0.15, -0.1) is 0 Å². The van der Waals surface area contributed by atoms with Gasteiger partial charge in [0.1, 0.15) is 21.0 Å². The molecule has 1 aromatic heterocycles. The molecule has 0 saturated carbocycles. The molecular weight excluding hydrogens is 903 g/mol. The number of phenolic OH excluding ortho intramolecular Hbond substituents is 1. The second-order valence-electron chi connectivity index (χ2n) is 18.6. The molecule has 14 nitrogen and oxygen atoms in total. The molecule has 0 radical (unpaired) electrons. The second kappa shape index (κ2) is 23.8. The van der Waals surface area contributed by atoms with Gasteiger partial charge in [-0.1, -0.05) is 96.2 Å². The zero-order chi connectivity index (χ0) is 48.9. The number of likely N-dealkylation sites (tertiary alicyclic amines) is 2. The fourth-order valence-corrected chi connectivity index (χ4v) is 11.1. The summed E-state index contributed by atoms with van der Waals surface area (Å²) in [5.41, 5.74) is 3.72. The Bertz CT molecular complexity index is 2740. The molecule has 2 atom stereocenters. The number of amides is 2. The van der Waals surface area contributed by atoms with Crippen molar-refractivity contribution in [3.05, 3.63) is 172 Å². The number of benzene rings is 5. The zero-order valence-electron chi connectivity index (χ0n) is 39.4. The van der Waals surface area contributed by atoms with Gasteiger partial charge in [0.15, 0.2) is 5.22 Å². The molecule has 2 fully saturated rings. The Morgan fingerprint density at radius 1 is 0.786 bits per heavy atom. The third-order valence-corrected chi connectivity index (χ3v) is 15.7. The van der Waals surface area contributed by atoms with E-state index in [1.54, 1.807) is 47.4 Å². The molecule has 15 heteroatoms. The predicted octanol–water partition coefficient (Wildman–Crippen LogP) is 4.24. The van der Waals surface area contributed by atoms with Gasteiger partial charge in [0.05, 0.1) is 31.4 Å². The summed E-state index contributed by atoms with van der Waals surface area (Å²) in [5, 5.41) is 39.0. The van der Waals surface area contributed by atoms with Gasteiger partial charge in [0, 0.05) is 43.2 Å². The van der Waals surface area contributed by atoms with Gasteiger partial charge in [0.2, 0.25) is 11.5 Å². The van der Waals surface area contributed by atoms with Gasteiger partial charge in [-0.25, -0.2) is 4.79 Å². The normalized spacial score (nSPS) is 16.2. The number of nitrogens with one attached hydrogen (secondary N) is 3. The van der Waals surface area contributed by atoms with Crippen LogP contribution in [0.25, 0.3) is 10.9 Å². The van der Waals surface area contributed by atoms with Crippen LogP contribution in [0.5, 0.6) is 11.5 Å². The van der Waals surface area contributed by atoms with Crippen LogP contribution in [0, 0.1) is 11.8 Å². The van der Waals surface area contributed by atoms with Gasteiger partial charge in [-0.2, -0.15) is 0 Å². The molecular formula is C55H63N5O9Si. The predicted molar refractivity (Wildman–Crippen MR) is 272 cm³/mol. The van der Waals surface area contributed by atoms with Crippen LogP contribution in [-0.2, 0) is 32.5 Å². The van der Waals surface area contributed by atoms with Crippen molar-refractivity contribution in [1.82, 2.24) is 25.4 Å². The average molecular weight is 966 g/mol. The first-order valence-electron chi connectivity index (χ1n) is 24.3. The summed E-state index contributed by atoms with van der Waals surface area (Å²) in [6.07, 6.45) is 3.08. The minimum atomic E-state index is -1.79. The lowest BCUT2D eigenvalue weighted by atomic mass is 9.97. The van der Waals surface area contributed by atoms with Crippen molar-refractivity contribution in [3.8, 4) is 11.5 Å². The summed E-state index contributed by atoms with van der Waals surface area (Å²) in [6.45, 7) is 5.23. The highest BCUT2D eigenvalue weighted by atomic mass is 28.2. The van der Waals surface area contributed by atoms with Crippen molar-refractivity contribution in [2.75, 3.05) is 59.0 Å². The summed E-state index contributed by atoms with van der Waals surface area (Å²) < 4.78 is 12.2. The van der Waals surface area contributed by atoms with E-state index in [4.69, 9.17) is 9.47 Å². The molecule has 70 heavy (non-hydrogen) atoms. The molecule has 0 bridgehead atoms. The number of piperidine rings is 2. The Hall–Kier alpha value is -6.62. The topological polar surface area (TPSA) is 194 Å². The number of rotatable bonds is 20. The minimum Gasteiger partial charge on any atom is -0.506 e. The third kappa shape index (κ3) is 13.2. The van der Waals surface area contributed by atoms with E-state index >= 15 is 0 Å². The lowest BCUT2D eigenvalue weighted by Gasteiger charge is -2.33. The fraction of sp³-hybridized carbons (Fsp3) is 0.345. The summed E-state index contributed by atoms with van der Waals surface area (Å²) in [5.74, 6) is -0.192. The van der Waals surface area contributed by atoms with Crippen LogP contribution in [0.1, 0.15) is 64.4 Å². The van der Waals surface area contributed by atoms with Crippen LogP contribution in [0.2, 0.25) is 0 Å². The van der Waals surface area contributed by atoms with Crippen LogP contribution < -0.4 is 26.1 Å². The van der Waals surface area contributed by atoms with Crippen molar-refractivity contribution in [2.45, 2.75) is 50.0 Å². The Morgan fingerprint density at radius 2 is 1.49 bits per heavy atom. The molecule has 6 N–H and O–H groups in total. The number of pyridine rings is 1. The van der Waals surface area contributed by atoms with Crippen molar-refractivity contribution in [1.29, 1.82) is 0 Å². The Kier molecular flexibility index (Phi) is 16.9. The van der Waals surface area contributed by atoms with Crippen molar-refractivity contribution in [2.24, 2.45) is 11.8 Å². The quantitative estimate of drug-likeness (QED) is 0.0365. The highest BCUT2D eigenvalue weighted by molar-refractivity contribution is 6.60. The molecule has 366 valence electrons. The lowest BCUT2D eigenvalue weighted by Crippen LogP contribution is -2.48. The smallest absolute Gasteiger partial charge is 0.338 e. The number of aromatic nitrogens is 1. The van der Waals surface area contributed by atoms with Crippen molar-refractivity contribution >= 4 is 43.4 Å². The first-order valence-corrected chi connectivity index (χ1v) is 25.7. The number of aromatic hydroxyl groups is 1. The number of nitrogens with zero attached hydrogens (tertiary/aromatic N) is 2. The first kappa shape index (κ1) is 49.8. The molecule has 5 aromatic carbocycles. The number of aromatic amines is 1. The van der Waals surface area contributed by atoms with Crippen LogP contribution in [-0.4, -0.2) is 116 Å². The molecule has 2 amide bonds. The Morgan fingerprint density at radius 3 is 2.23 bits per heavy atom. The van der Waals surface area contributed by atoms with Gasteiger partial charge in [0.25, 0.3) is 5.91 Å². The standard InChI is InChI=1S/C55H63N5O9Si/c61-48-20-18-46(47-19-21-50(63)58-52(47)48)49(62)33-56-27-22-38-14-16-42(17-15-38)53(65)57-34-51(64)60-30-25-41(26-31-60)36-68-44-11-7-10-43(32-44)55(67,70-45-12-5-2-6-13-45)54(66)69-37-40-23-28-59(29-24-40)35-39-8-3-1-4-9-39/h1-21,32,40-41,49,56,61-62,67H,22-31,33-37,70H2,(H,57,65)(H,58,63)/t49-,55?/m0/s1. The van der Waals surface area contributed by atoms with Gasteiger partial charge >= 0.3 is 5.97 Å². The molecule has 0 spiro atoms. The third-order valence-electron chi connectivity index (χ3n) is 13.6. The van der Waals surface area contributed by atoms with Gasteiger partial charge < -0.3 is 45.3 Å². The summed E-state index contributed by atoms with van der Waals surface area (Å²) in [4.78, 5) is 58.6. The molecule has 2 aliphatic rings. The maximum Gasteiger partial charge on any atom is 0.338 e. The van der Waals surface area contributed by atoms with Gasteiger partial charge in [-0.05, 0) is 122 Å². The van der Waals surface area contributed by atoms with E-state index in [-0.39, 0.29) is 60.2 Å². The zero-order valence-corrected chi connectivity index (χ0v) is 40.8. The number of aliphatic hydroxyl groups excluding tert-OH is 1. The van der Waals surface area contributed by atoms with Crippen LogP contribution in [0.15, 0.2) is 138 Å². The Balaban J connectivity index is 0.753. The number of phenols is 1. The minimum absolute atomic E-state index is 0.0634. The number of H-pyrrole nitrogens is 1. The largest absolute Gasteiger partial charge is 0.506 e. The summed E-state index contributed by atoms with van der Waals surface area (Å²) >= 11 is 0. The van der Waals surface area contributed by atoms with E-state index in [0.717, 1.165) is 56.1 Å². The van der Waals surface area contributed by atoms with Crippen LogP contribution in [0.3, 0.4) is 0 Å². The SMILES string of the molecule is O=C(NCC(=O)N1CCC(COc2cccc(C(O)([SiH2]c3ccccc3)C(=O)OCC3CCN(Cc4ccccc4)CC3)c2)CC1)c1ccc(CCNC[C@H](O)c2ccc(O)c3[nH]c(=O)ccc23)cc1. The van der Waals surface area contributed by atoms with Crippen LogP contribution >= 0.6 is 0 Å². The van der Waals surface area contributed by atoms with Crippen molar-refractivity contribution in [3.63, 3.8) is 0 Å². The highest BCUT2D eigenvalue weighted by Crippen LogP contribution is 2.30. The maximum absolute atomic E-state index is 14.0. The van der Waals surface area contributed by atoms with Crippen molar-refractivity contribution < 1.29 is 39.2 Å². The number of esters is 1. The lowest BCUT2D eigenvalue weighted by molar-refractivity contribution is -0.160. The molecule has 6 aromatic rings. The second-order valence-corrected chi connectivity index (χ2v) is 20.8. The number of hydrogen-bond acceptors (Lipinski definition) is 11. The van der Waals surface area contributed by atoms with E-state index < -0.39 is 26.8 Å².